The van der Waals surface area contributed by atoms with Crippen LogP contribution in [-0.4, -0.2) is 17.6 Å². The minimum absolute atomic E-state index is 0. The second kappa shape index (κ2) is 9.28. The average molecular weight is 344 g/mol. The van der Waals surface area contributed by atoms with Crippen LogP contribution in [0.1, 0.15) is 69.4 Å². The van der Waals surface area contributed by atoms with Crippen molar-refractivity contribution in [1.29, 1.82) is 0 Å². The number of carbonyl (C=O) groups excluding carboxylic acids is 1. The predicted octanol–water partition coefficient (Wildman–Crippen LogP) is 3.14. The van der Waals surface area contributed by atoms with Gasteiger partial charge in [-0.15, -0.1) is 12.4 Å². The summed E-state index contributed by atoms with van der Waals surface area (Å²) in [6.45, 7) is 5.20. The van der Waals surface area contributed by atoms with Crippen LogP contribution < -0.4 is 11.1 Å². The van der Waals surface area contributed by atoms with Crippen molar-refractivity contribution in [2.24, 2.45) is 11.1 Å². The van der Waals surface area contributed by atoms with Crippen LogP contribution in [0.2, 0.25) is 0 Å². The fraction of sp³-hybridized carbons (Fsp3) is 0.765. The third-order valence-electron chi connectivity index (χ3n) is 4.95. The first-order valence-corrected chi connectivity index (χ1v) is 8.57. The van der Waals surface area contributed by atoms with Crippen molar-refractivity contribution in [3.63, 3.8) is 0 Å². The maximum absolute atomic E-state index is 12.4. The molecule has 5 nitrogen and oxygen atoms in total. The Morgan fingerprint density at radius 2 is 1.96 bits per heavy atom. The molecule has 132 valence electrons. The zero-order valence-corrected chi connectivity index (χ0v) is 15.1. The van der Waals surface area contributed by atoms with Crippen LogP contribution in [0.25, 0.3) is 0 Å². The van der Waals surface area contributed by atoms with E-state index in [2.05, 4.69) is 10.5 Å². The molecule has 23 heavy (non-hydrogen) atoms. The molecule has 6 heteroatoms. The van der Waals surface area contributed by atoms with E-state index in [4.69, 9.17) is 10.3 Å². The minimum atomic E-state index is 0. The molecular weight excluding hydrogens is 314 g/mol. The smallest absolute Gasteiger partial charge is 0.220 e. The van der Waals surface area contributed by atoms with Crippen molar-refractivity contribution in [2.45, 2.75) is 71.8 Å². The molecule has 0 saturated heterocycles. The summed E-state index contributed by atoms with van der Waals surface area (Å²) in [5.41, 5.74) is 7.97. The Kier molecular flexibility index (Phi) is 8.06. The fourth-order valence-corrected chi connectivity index (χ4v) is 3.48. The quantitative estimate of drug-likeness (QED) is 0.796. The van der Waals surface area contributed by atoms with Gasteiger partial charge in [0.05, 0.1) is 5.69 Å². The summed E-state index contributed by atoms with van der Waals surface area (Å²) in [6, 6.07) is 0. The molecule has 0 radical (unpaired) electrons. The van der Waals surface area contributed by atoms with E-state index in [-0.39, 0.29) is 23.7 Å². The normalized spacial score (nSPS) is 16.7. The molecule has 1 aliphatic carbocycles. The van der Waals surface area contributed by atoms with Gasteiger partial charge in [0.2, 0.25) is 5.91 Å². The van der Waals surface area contributed by atoms with Gasteiger partial charge in [-0.2, -0.15) is 0 Å². The van der Waals surface area contributed by atoms with Crippen LogP contribution in [0, 0.1) is 5.41 Å². The molecule has 3 N–H and O–H groups in total. The number of rotatable bonds is 7. The summed E-state index contributed by atoms with van der Waals surface area (Å²) >= 11 is 0. The Morgan fingerprint density at radius 1 is 1.26 bits per heavy atom. The number of hydrogen-bond acceptors (Lipinski definition) is 4. The highest BCUT2D eigenvalue weighted by Crippen LogP contribution is 2.38. The first kappa shape index (κ1) is 20.0. The van der Waals surface area contributed by atoms with Crippen molar-refractivity contribution in [1.82, 2.24) is 10.5 Å². The van der Waals surface area contributed by atoms with Gasteiger partial charge in [-0.1, -0.05) is 38.3 Å². The molecule has 0 unspecified atom stereocenters. The zero-order valence-electron chi connectivity index (χ0n) is 14.3. The minimum Gasteiger partial charge on any atom is -0.361 e. The molecule has 1 heterocycles. The number of carbonyl (C=O) groups is 1. The molecule has 1 aromatic heterocycles. The molecule has 1 amide bonds. The Morgan fingerprint density at radius 3 is 2.52 bits per heavy atom. The van der Waals surface area contributed by atoms with E-state index >= 15 is 0 Å². The molecule has 1 aliphatic rings. The predicted molar refractivity (Wildman–Crippen MR) is 93.5 cm³/mol. The van der Waals surface area contributed by atoms with Crippen LogP contribution in [0.3, 0.4) is 0 Å². The van der Waals surface area contributed by atoms with Gasteiger partial charge >= 0.3 is 0 Å². The number of halogens is 1. The molecule has 0 bridgehead atoms. The van der Waals surface area contributed by atoms with Gasteiger partial charge in [0.1, 0.15) is 5.76 Å². The van der Waals surface area contributed by atoms with Crippen molar-refractivity contribution in [3.05, 3.63) is 17.0 Å². The van der Waals surface area contributed by atoms with Crippen LogP contribution in [0.4, 0.5) is 0 Å². The summed E-state index contributed by atoms with van der Waals surface area (Å²) in [5, 5.41) is 7.13. The summed E-state index contributed by atoms with van der Waals surface area (Å²) in [6.07, 6.45) is 7.95. The summed E-state index contributed by atoms with van der Waals surface area (Å²) in [7, 11) is 0. The van der Waals surface area contributed by atoms with E-state index < -0.39 is 0 Å². The summed E-state index contributed by atoms with van der Waals surface area (Å²) < 4.78 is 5.34. The Hall–Kier alpha value is -1.07. The molecule has 0 spiro atoms. The van der Waals surface area contributed by atoms with Crippen LogP contribution >= 0.6 is 12.4 Å². The van der Waals surface area contributed by atoms with Crippen LogP contribution in [-0.2, 0) is 24.2 Å². The van der Waals surface area contributed by atoms with Gasteiger partial charge < -0.3 is 15.6 Å². The second-order valence-electron chi connectivity index (χ2n) is 6.46. The third kappa shape index (κ3) is 4.95. The number of aromatic nitrogens is 1. The van der Waals surface area contributed by atoms with E-state index in [1.165, 1.54) is 19.3 Å². The SMILES string of the molecule is CCc1noc(CC)c1CNC(=O)CC1(CN)CCCCC1.Cl. The lowest BCUT2D eigenvalue weighted by Gasteiger charge is -2.35. The standard InChI is InChI=1S/C17H29N3O2.ClH/c1-3-14-13(15(4-2)22-20-14)11-19-16(21)10-17(12-18)8-6-5-7-9-17;/h3-12,18H2,1-2H3,(H,19,21);1H. The van der Waals surface area contributed by atoms with Crippen molar-refractivity contribution < 1.29 is 9.32 Å². The number of hydrogen-bond donors (Lipinski definition) is 2. The van der Waals surface area contributed by atoms with Crippen molar-refractivity contribution in [2.75, 3.05) is 6.54 Å². The van der Waals surface area contributed by atoms with Gasteiger partial charge in [0.15, 0.2) is 0 Å². The lowest BCUT2D eigenvalue weighted by atomic mass is 9.71. The topological polar surface area (TPSA) is 81.2 Å². The van der Waals surface area contributed by atoms with Crippen LogP contribution in [0.15, 0.2) is 4.52 Å². The number of nitrogens with zero attached hydrogens (tertiary/aromatic N) is 1. The largest absolute Gasteiger partial charge is 0.361 e. The number of nitrogens with two attached hydrogens (primary N) is 1. The molecular formula is C17H30ClN3O2. The van der Waals surface area contributed by atoms with Crippen LogP contribution in [0.5, 0.6) is 0 Å². The van der Waals surface area contributed by atoms with Gasteiger partial charge in [-0.25, -0.2) is 0 Å². The number of aryl methyl sites for hydroxylation is 2. The van der Waals surface area contributed by atoms with E-state index in [0.717, 1.165) is 42.7 Å². The number of nitrogens with one attached hydrogen (secondary N) is 1. The Balaban J connectivity index is 0.00000264. The molecule has 2 rings (SSSR count). The maximum Gasteiger partial charge on any atom is 0.220 e. The fourth-order valence-electron chi connectivity index (χ4n) is 3.48. The highest BCUT2D eigenvalue weighted by Gasteiger charge is 2.33. The van der Waals surface area contributed by atoms with Gasteiger partial charge in [0, 0.05) is 24.9 Å². The van der Waals surface area contributed by atoms with E-state index in [1.807, 2.05) is 13.8 Å². The molecule has 1 saturated carbocycles. The van der Waals surface area contributed by atoms with Crippen molar-refractivity contribution >= 4 is 18.3 Å². The monoisotopic (exact) mass is 343 g/mol. The summed E-state index contributed by atoms with van der Waals surface area (Å²) in [5.74, 6) is 0.973. The highest BCUT2D eigenvalue weighted by atomic mass is 35.5. The second-order valence-corrected chi connectivity index (χ2v) is 6.46. The van der Waals surface area contributed by atoms with E-state index in [9.17, 15) is 4.79 Å². The lowest BCUT2D eigenvalue weighted by molar-refractivity contribution is -0.124. The zero-order chi connectivity index (χ0) is 16.0. The molecule has 0 aliphatic heterocycles. The molecule has 1 aromatic rings. The van der Waals surface area contributed by atoms with E-state index in [1.54, 1.807) is 0 Å². The summed E-state index contributed by atoms with van der Waals surface area (Å²) in [4.78, 5) is 12.4. The van der Waals surface area contributed by atoms with E-state index in [0.29, 0.717) is 19.5 Å². The lowest BCUT2D eigenvalue weighted by Crippen LogP contribution is -2.38. The number of amides is 1. The Bertz CT molecular complexity index is 475. The average Bonchev–Trinajstić information content (AvgIpc) is 2.95. The molecule has 1 fully saturated rings. The molecule has 0 aromatic carbocycles. The first-order chi connectivity index (χ1) is 10.6. The molecule has 0 atom stereocenters. The van der Waals surface area contributed by atoms with Gasteiger partial charge in [0.25, 0.3) is 0 Å². The third-order valence-corrected chi connectivity index (χ3v) is 4.95. The van der Waals surface area contributed by atoms with Gasteiger partial charge in [-0.05, 0) is 31.2 Å². The van der Waals surface area contributed by atoms with Gasteiger partial charge in [-0.3, -0.25) is 4.79 Å². The highest BCUT2D eigenvalue weighted by molar-refractivity contribution is 5.85. The maximum atomic E-state index is 12.4. The first-order valence-electron chi connectivity index (χ1n) is 8.57. The van der Waals surface area contributed by atoms with Crippen molar-refractivity contribution in [3.8, 4) is 0 Å². The Labute approximate surface area is 145 Å².